The largest absolute Gasteiger partial charge is 0.393 e. The van der Waals surface area contributed by atoms with Crippen LogP contribution in [0.25, 0.3) is 0 Å². The lowest BCUT2D eigenvalue weighted by Crippen LogP contribution is -2.07. The van der Waals surface area contributed by atoms with Gasteiger partial charge in [0.25, 0.3) is 0 Å². The zero-order valence-corrected chi connectivity index (χ0v) is 6.73. The van der Waals surface area contributed by atoms with E-state index in [0.29, 0.717) is 6.07 Å². The van der Waals surface area contributed by atoms with Crippen LogP contribution in [0, 0.1) is 24.4 Å². The molecule has 0 aliphatic carbocycles. The quantitative estimate of drug-likeness (QED) is 0.704. The van der Waals surface area contributed by atoms with Crippen molar-refractivity contribution in [3.05, 3.63) is 42.1 Å². The van der Waals surface area contributed by atoms with E-state index in [-0.39, 0.29) is 12.0 Å². The Morgan fingerprint density at radius 3 is 2.23 bits per heavy atom. The van der Waals surface area contributed by atoms with Crippen molar-refractivity contribution < 1.29 is 18.3 Å². The first-order valence-corrected chi connectivity index (χ1v) is 3.65. The highest BCUT2D eigenvalue weighted by Crippen LogP contribution is 2.14. The van der Waals surface area contributed by atoms with Crippen molar-refractivity contribution in [2.45, 2.75) is 12.5 Å². The summed E-state index contributed by atoms with van der Waals surface area (Å²) in [6.45, 7) is 3.20. The van der Waals surface area contributed by atoms with E-state index in [0.717, 1.165) is 6.07 Å². The molecule has 0 bridgehead atoms. The maximum absolute atomic E-state index is 12.8. The van der Waals surface area contributed by atoms with Crippen molar-refractivity contribution in [1.82, 2.24) is 0 Å². The summed E-state index contributed by atoms with van der Waals surface area (Å²) < 4.78 is 37.8. The minimum Gasteiger partial charge on any atom is -0.393 e. The summed E-state index contributed by atoms with van der Waals surface area (Å²) >= 11 is 0. The second-order valence-electron chi connectivity index (χ2n) is 2.72. The highest BCUT2D eigenvalue weighted by Gasteiger charge is 2.11. The SMILES string of the molecule is [CH2]C(O)Cc1cc(F)c(F)cc1F. The van der Waals surface area contributed by atoms with Gasteiger partial charge in [-0.3, -0.25) is 0 Å². The van der Waals surface area contributed by atoms with Crippen molar-refractivity contribution in [2.24, 2.45) is 0 Å². The predicted octanol–water partition coefficient (Wildman–Crippen LogP) is 1.84. The minimum atomic E-state index is -1.24. The lowest BCUT2D eigenvalue weighted by atomic mass is 10.1. The van der Waals surface area contributed by atoms with Crippen molar-refractivity contribution in [3.8, 4) is 0 Å². The van der Waals surface area contributed by atoms with E-state index in [2.05, 4.69) is 6.92 Å². The summed E-state index contributed by atoms with van der Waals surface area (Å²) in [5, 5.41) is 8.80. The Hall–Kier alpha value is -1.03. The van der Waals surface area contributed by atoms with E-state index < -0.39 is 23.6 Å². The van der Waals surface area contributed by atoms with Crippen LogP contribution in [-0.4, -0.2) is 11.2 Å². The van der Waals surface area contributed by atoms with Crippen LogP contribution in [0.4, 0.5) is 13.2 Å². The Morgan fingerprint density at radius 1 is 1.15 bits per heavy atom. The van der Waals surface area contributed by atoms with Crippen LogP contribution >= 0.6 is 0 Å². The minimum absolute atomic E-state index is 0.0820. The van der Waals surface area contributed by atoms with Gasteiger partial charge in [-0.2, -0.15) is 0 Å². The summed E-state index contributed by atoms with van der Waals surface area (Å²) in [6, 6.07) is 1.17. The maximum atomic E-state index is 12.8. The highest BCUT2D eigenvalue weighted by atomic mass is 19.2. The Kier molecular flexibility index (Phi) is 2.93. The number of rotatable bonds is 2. The lowest BCUT2D eigenvalue weighted by molar-refractivity contribution is 0.219. The van der Waals surface area contributed by atoms with E-state index in [1.807, 2.05) is 0 Å². The number of aliphatic hydroxyl groups is 1. The first-order chi connectivity index (χ1) is 6.00. The molecule has 1 N–H and O–H groups in total. The van der Waals surface area contributed by atoms with Gasteiger partial charge in [-0.05, 0) is 18.6 Å². The second kappa shape index (κ2) is 3.79. The molecule has 0 saturated carbocycles. The fourth-order valence-electron chi connectivity index (χ4n) is 0.974. The molecule has 0 saturated heterocycles. The van der Waals surface area contributed by atoms with Crippen LogP contribution in [0.2, 0.25) is 0 Å². The van der Waals surface area contributed by atoms with Crippen LogP contribution in [0.15, 0.2) is 12.1 Å². The van der Waals surface area contributed by atoms with Gasteiger partial charge in [-0.25, -0.2) is 13.2 Å². The van der Waals surface area contributed by atoms with E-state index in [1.165, 1.54) is 0 Å². The fraction of sp³-hybridized carbons (Fsp3) is 0.222. The summed E-state index contributed by atoms with van der Waals surface area (Å²) in [6.07, 6.45) is -1.16. The second-order valence-corrected chi connectivity index (χ2v) is 2.72. The van der Waals surface area contributed by atoms with Gasteiger partial charge >= 0.3 is 0 Å². The first-order valence-electron chi connectivity index (χ1n) is 3.65. The molecule has 1 nitrogen and oxygen atoms in total. The monoisotopic (exact) mass is 189 g/mol. The standard InChI is InChI=1S/C9H8F3O/c1-5(13)2-6-3-8(11)9(12)4-7(6)10/h3-5,13H,1-2H2. The molecular weight excluding hydrogens is 181 g/mol. The topological polar surface area (TPSA) is 20.2 Å². The van der Waals surface area contributed by atoms with Crippen LogP contribution < -0.4 is 0 Å². The number of aliphatic hydroxyl groups excluding tert-OH is 1. The fourth-order valence-corrected chi connectivity index (χ4v) is 0.974. The van der Waals surface area contributed by atoms with Crippen molar-refractivity contribution in [2.75, 3.05) is 0 Å². The smallest absolute Gasteiger partial charge is 0.161 e. The molecule has 0 amide bonds. The Balaban J connectivity index is 3.01. The summed E-state index contributed by atoms with van der Waals surface area (Å²) in [7, 11) is 0. The first kappa shape index (κ1) is 10.1. The Bertz CT molecular complexity index is 310. The molecule has 0 spiro atoms. The number of hydrogen-bond donors (Lipinski definition) is 1. The molecule has 1 radical (unpaired) electrons. The molecule has 0 heterocycles. The molecule has 4 heteroatoms. The summed E-state index contributed by atoms with van der Waals surface area (Å²) in [4.78, 5) is 0. The molecule has 0 aliphatic rings. The molecule has 1 aromatic carbocycles. The van der Waals surface area contributed by atoms with Gasteiger partial charge in [0.1, 0.15) is 5.82 Å². The van der Waals surface area contributed by atoms with Gasteiger partial charge in [0.15, 0.2) is 11.6 Å². The molecule has 1 atom stereocenters. The van der Waals surface area contributed by atoms with Gasteiger partial charge in [-0.15, -0.1) is 0 Å². The molecule has 0 aromatic heterocycles. The Morgan fingerprint density at radius 2 is 1.69 bits per heavy atom. The average Bonchev–Trinajstić information content (AvgIpc) is 1.99. The Labute approximate surface area is 73.8 Å². The zero-order chi connectivity index (χ0) is 10.0. The average molecular weight is 189 g/mol. The number of hydrogen-bond acceptors (Lipinski definition) is 1. The third-order valence-electron chi connectivity index (χ3n) is 1.54. The summed E-state index contributed by atoms with van der Waals surface area (Å²) in [5.41, 5.74) is -0.0820. The number of benzene rings is 1. The molecule has 1 aromatic rings. The molecule has 0 aliphatic heterocycles. The van der Waals surface area contributed by atoms with Crippen LogP contribution in [0.5, 0.6) is 0 Å². The molecule has 71 valence electrons. The van der Waals surface area contributed by atoms with Crippen molar-refractivity contribution in [3.63, 3.8) is 0 Å². The lowest BCUT2D eigenvalue weighted by Gasteiger charge is -2.05. The van der Waals surface area contributed by atoms with E-state index >= 15 is 0 Å². The molecule has 1 rings (SSSR count). The van der Waals surface area contributed by atoms with Crippen molar-refractivity contribution >= 4 is 0 Å². The van der Waals surface area contributed by atoms with E-state index in [1.54, 1.807) is 0 Å². The van der Waals surface area contributed by atoms with E-state index in [4.69, 9.17) is 5.11 Å². The normalized spacial score (nSPS) is 13.0. The van der Waals surface area contributed by atoms with Gasteiger partial charge < -0.3 is 5.11 Å². The van der Waals surface area contributed by atoms with Gasteiger partial charge in [-0.1, -0.05) is 0 Å². The molecular formula is C9H8F3O. The van der Waals surface area contributed by atoms with Gasteiger partial charge in [0.05, 0.1) is 6.10 Å². The van der Waals surface area contributed by atoms with Crippen LogP contribution in [0.3, 0.4) is 0 Å². The summed E-state index contributed by atoms with van der Waals surface area (Å²) in [5.74, 6) is -3.24. The third-order valence-corrected chi connectivity index (χ3v) is 1.54. The zero-order valence-electron chi connectivity index (χ0n) is 6.73. The van der Waals surface area contributed by atoms with Gasteiger partial charge in [0, 0.05) is 12.5 Å². The molecule has 13 heavy (non-hydrogen) atoms. The molecule has 0 fully saturated rings. The molecule has 1 unspecified atom stereocenters. The predicted molar refractivity (Wildman–Crippen MR) is 41.4 cm³/mol. The maximum Gasteiger partial charge on any atom is 0.161 e. The van der Waals surface area contributed by atoms with Gasteiger partial charge in [0.2, 0.25) is 0 Å². The third kappa shape index (κ3) is 2.45. The van der Waals surface area contributed by atoms with Crippen LogP contribution in [-0.2, 0) is 6.42 Å². The van der Waals surface area contributed by atoms with Crippen molar-refractivity contribution in [1.29, 1.82) is 0 Å². The number of halogens is 3. The van der Waals surface area contributed by atoms with E-state index in [9.17, 15) is 13.2 Å². The van der Waals surface area contributed by atoms with Crippen LogP contribution in [0.1, 0.15) is 5.56 Å². The highest BCUT2D eigenvalue weighted by molar-refractivity contribution is 5.20.